The van der Waals surface area contributed by atoms with Crippen molar-refractivity contribution < 1.29 is 14.0 Å². The summed E-state index contributed by atoms with van der Waals surface area (Å²) in [4.78, 5) is 23.6. The minimum atomic E-state index is -0.838. The van der Waals surface area contributed by atoms with E-state index in [0.717, 1.165) is 22.6 Å². The number of nitrogens with zero attached hydrogens (tertiary/aromatic N) is 2. The van der Waals surface area contributed by atoms with Crippen LogP contribution in [0.25, 0.3) is 5.69 Å². The smallest absolute Gasteiger partial charge is 0.329 e. The van der Waals surface area contributed by atoms with E-state index in [9.17, 15) is 9.59 Å². The summed E-state index contributed by atoms with van der Waals surface area (Å²) >= 11 is 0. The molecule has 3 aromatic rings. The first kappa shape index (κ1) is 19.2. The number of carbonyl (C=O) groups is 2. The van der Waals surface area contributed by atoms with Crippen molar-refractivity contribution in [2.75, 3.05) is 0 Å². The Morgan fingerprint density at radius 1 is 1.11 bits per heavy atom. The van der Waals surface area contributed by atoms with Crippen LogP contribution in [-0.4, -0.2) is 22.6 Å². The van der Waals surface area contributed by atoms with Crippen LogP contribution in [0.4, 0.5) is 0 Å². The van der Waals surface area contributed by atoms with Gasteiger partial charge in [-0.05, 0) is 56.7 Å². The molecule has 0 unspecified atom stereocenters. The molecule has 7 nitrogen and oxygen atoms in total. The quantitative estimate of drug-likeness (QED) is 0.406. The third-order valence-corrected chi connectivity index (χ3v) is 4.31. The number of furan rings is 1. The molecule has 0 radical (unpaired) electrons. The SMILES string of the molecule is Cc1cccc(-n2c(C)cc(/C=N\NC(=O)C(=O)NCc3ccco3)c2C)c1. The average Bonchev–Trinajstić information content (AvgIpc) is 3.27. The number of aromatic nitrogens is 1. The Bertz CT molecular complexity index is 1020. The maximum Gasteiger partial charge on any atom is 0.329 e. The Balaban J connectivity index is 1.63. The second-order valence-electron chi connectivity index (χ2n) is 6.46. The van der Waals surface area contributed by atoms with Crippen LogP contribution in [-0.2, 0) is 16.1 Å². The monoisotopic (exact) mass is 378 g/mol. The summed E-state index contributed by atoms with van der Waals surface area (Å²) in [5, 5.41) is 6.37. The predicted octanol–water partition coefficient (Wildman–Crippen LogP) is 2.76. The number of hydrazone groups is 1. The molecule has 28 heavy (non-hydrogen) atoms. The van der Waals surface area contributed by atoms with Gasteiger partial charge in [-0.15, -0.1) is 0 Å². The summed E-state index contributed by atoms with van der Waals surface area (Å²) in [7, 11) is 0. The van der Waals surface area contributed by atoms with Crippen LogP contribution >= 0.6 is 0 Å². The Morgan fingerprint density at radius 2 is 1.93 bits per heavy atom. The van der Waals surface area contributed by atoms with Crippen molar-refractivity contribution in [3.8, 4) is 5.69 Å². The molecule has 0 aliphatic rings. The highest BCUT2D eigenvalue weighted by Crippen LogP contribution is 2.20. The highest BCUT2D eigenvalue weighted by atomic mass is 16.3. The molecule has 0 bridgehead atoms. The molecule has 0 spiro atoms. The highest BCUT2D eigenvalue weighted by Gasteiger charge is 2.13. The molecular weight excluding hydrogens is 356 g/mol. The first-order valence-corrected chi connectivity index (χ1v) is 8.85. The second-order valence-corrected chi connectivity index (χ2v) is 6.46. The lowest BCUT2D eigenvalue weighted by Gasteiger charge is -2.10. The highest BCUT2D eigenvalue weighted by molar-refractivity contribution is 6.35. The van der Waals surface area contributed by atoms with Crippen LogP contribution in [0.2, 0.25) is 0 Å². The number of amides is 2. The van der Waals surface area contributed by atoms with Crippen molar-refractivity contribution in [1.29, 1.82) is 0 Å². The van der Waals surface area contributed by atoms with Crippen molar-refractivity contribution in [3.05, 3.63) is 77.0 Å². The summed E-state index contributed by atoms with van der Waals surface area (Å²) in [6, 6.07) is 13.6. The number of carbonyl (C=O) groups excluding carboxylic acids is 2. The van der Waals surface area contributed by atoms with Crippen molar-refractivity contribution in [2.24, 2.45) is 5.10 Å². The number of hydrogen-bond donors (Lipinski definition) is 2. The molecule has 0 aliphatic heterocycles. The van der Waals surface area contributed by atoms with Gasteiger partial charge >= 0.3 is 11.8 Å². The van der Waals surface area contributed by atoms with Crippen molar-refractivity contribution in [3.63, 3.8) is 0 Å². The first-order valence-electron chi connectivity index (χ1n) is 8.85. The van der Waals surface area contributed by atoms with Gasteiger partial charge in [0.2, 0.25) is 0 Å². The normalized spacial score (nSPS) is 11.0. The van der Waals surface area contributed by atoms with Gasteiger partial charge in [-0.2, -0.15) is 5.10 Å². The minimum absolute atomic E-state index is 0.139. The van der Waals surface area contributed by atoms with E-state index < -0.39 is 11.8 Å². The number of aryl methyl sites for hydroxylation is 2. The Kier molecular flexibility index (Phi) is 5.74. The van der Waals surface area contributed by atoms with Gasteiger partial charge in [0.25, 0.3) is 0 Å². The van der Waals surface area contributed by atoms with E-state index in [-0.39, 0.29) is 6.54 Å². The molecule has 7 heteroatoms. The minimum Gasteiger partial charge on any atom is -0.467 e. The lowest BCUT2D eigenvalue weighted by atomic mass is 10.2. The fourth-order valence-electron chi connectivity index (χ4n) is 2.95. The molecule has 2 N–H and O–H groups in total. The van der Waals surface area contributed by atoms with Crippen molar-refractivity contribution in [2.45, 2.75) is 27.3 Å². The summed E-state index contributed by atoms with van der Waals surface area (Å²) in [5.41, 5.74) is 7.38. The molecule has 0 saturated carbocycles. The molecule has 1 aromatic carbocycles. The van der Waals surface area contributed by atoms with Crippen molar-refractivity contribution >= 4 is 18.0 Å². The molecule has 144 valence electrons. The van der Waals surface area contributed by atoms with Gasteiger partial charge in [0, 0.05) is 22.6 Å². The molecule has 0 atom stereocenters. The average molecular weight is 378 g/mol. The molecule has 0 aliphatic carbocycles. The Labute approximate surface area is 163 Å². The largest absolute Gasteiger partial charge is 0.467 e. The number of benzene rings is 1. The van der Waals surface area contributed by atoms with E-state index in [1.807, 2.05) is 45.0 Å². The van der Waals surface area contributed by atoms with Gasteiger partial charge in [-0.25, -0.2) is 5.43 Å². The van der Waals surface area contributed by atoms with E-state index in [4.69, 9.17) is 4.42 Å². The standard InChI is InChI=1S/C21H22N4O3/c1-14-6-4-7-18(10-14)25-15(2)11-17(16(25)3)12-23-24-21(27)20(26)22-13-19-8-5-9-28-19/h4-12H,13H2,1-3H3,(H,22,26)(H,24,27)/b23-12-. The predicted molar refractivity (Wildman–Crippen MR) is 106 cm³/mol. The van der Waals surface area contributed by atoms with Gasteiger partial charge < -0.3 is 14.3 Å². The first-order chi connectivity index (χ1) is 13.5. The fraction of sp³-hybridized carbons (Fsp3) is 0.190. The van der Waals surface area contributed by atoms with E-state index in [1.165, 1.54) is 18.0 Å². The Hall–Kier alpha value is -3.61. The molecular formula is C21H22N4O3. The molecule has 3 rings (SSSR count). The summed E-state index contributed by atoms with van der Waals surface area (Å²) in [6.45, 7) is 6.18. The third-order valence-electron chi connectivity index (χ3n) is 4.31. The maximum absolute atomic E-state index is 11.8. The zero-order valence-electron chi connectivity index (χ0n) is 16.0. The maximum atomic E-state index is 11.8. The molecule has 2 heterocycles. The van der Waals surface area contributed by atoms with Gasteiger partial charge in [0.05, 0.1) is 19.0 Å². The van der Waals surface area contributed by atoms with Crippen molar-refractivity contribution in [1.82, 2.24) is 15.3 Å². The molecule has 0 saturated heterocycles. The van der Waals surface area contributed by atoms with Crippen LogP contribution in [0.1, 0.15) is 28.3 Å². The van der Waals surface area contributed by atoms with Crippen LogP contribution in [0.3, 0.4) is 0 Å². The van der Waals surface area contributed by atoms with Crippen LogP contribution in [0.5, 0.6) is 0 Å². The van der Waals surface area contributed by atoms with E-state index in [1.54, 1.807) is 12.1 Å². The number of rotatable bonds is 5. The molecule has 2 amide bonds. The lowest BCUT2D eigenvalue weighted by molar-refractivity contribution is -0.139. The fourth-order valence-corrected chi connectivity index (χ4v) is 2.95. The lowest BCUT2D eigenvalue weighted by Crippen LogP contribution is -2.37. The number of hydrogen-bond acceptors (Lipinski definition) is 4. The third kappa shape index (κ3) is 4.37. The van der Waals surface area contributed by atoms with Gasteiger partial charge in [0.1, 0.15) is 5.76 Å². The second kappa shape index (κ2) is 8.39. The summed E-state index contributed by atoms with van der Waals surface area (Å²) in [5.74, 6) is -1.05. The molecule has 2 aromatic heterocycles. The van der Waals surface area contributed by atoms with Crippen LogP contribution < -0.4 is 10.7 Å². The van der Waals surface area contributed by atoms with Crippen LogP contribution in [0.15, 0.2) is 58.2 Å². The molecule has 0 fully saturated rings. The summed E-state index contributed by atoms with van der Waals surface area (Å²) in [6.07, 6.45) is 3.03. The zero-order chi connectivity index (χ0) is 20.1. The van der Waals surface area contributed by atoms with Gasteiger partial charge in [-0.3, -0.25) is 9.59 Å². The van der Waals surface area contributed by atoms with E-state index >= 15 is 0 Å². The van der Waals surface area contributed by atoms with E-state index in [2.05, 4.69) is 26.5 Å². The van der Waals surface area contributed by atoms with Gasteiger partial charge in [-0.1, -0.05) is 12.1 Å². The van der Waals surface area contributed by atoms with E-state index in [0.29, 0.717) is 5.76 Å². The van der Waals surface area contributed by atoms with Crippen LogP contribution in [0, 0.1) is 20.8 Å². The Morgan fingerprint density at radius 3 is 2.64 bits per heavy atom. The zero-order valence-corrected chi connectivity index (χ0v) is 16.0. The summed E-state index contributed by atoms with van der Waals surface area (Å²) < 4.78 is 7.21. The number of nitrogens with one attached hydrogen (secondary N) is 2. The topological polar surface area (TPSA) is 88.6 Å². The van der Waals surface area contributed by atoms with Gasteiger partial charge in [0.15, 0.2) is 0 Å².